The molecule has 152 valence electrons. The number of aliphatic hydroxyl groups excluding tert-OH is 1. The average Bonchev–Trinajstić information content (AvgIpc) is 3.12. The number of carbonyl (C=O) groups excluding carboxylic acids is 1. The van der Waals surface area contributed by atoms with E-state index in [1.807, 2.05) is 36.7 Å². The van der Waals surface area contributed by atoms with Gasteiger partial charge in [0.05, 0.1) is 0 Å². The zero-order valence-corrected chi connectivity index (χ0v) is 16.0. The fourth-order valence-corrected chi connectivity index (χ4v) is 2.85. The van der Waals surface area contributed by atoms with Gasteiger partial charge in [-0.1, -0.05) is 25.1 Å². The Kier molecular flexibility index (Phi) is 5.97. The standard InChI is InChI=1S/C20H21F2N5O2/c1-13(9-18-26-23-12-27(18)2)14-5-3-6-15(10-14)24-19(29)16-7-4-8-17(25-16)20(21,22)11-28/h3-8,10,12-13,28H,9,11H2,1-2H3,(H,24,29)/t13-/m1/s1. The number of alkyl halides is 2. The second kappa shape index (κ2) is 8.44. The lowest BCUT2D eigenvalue weighted by Crippen LogP contribution is -2.22. The highest BCUT2D eigenvalue weighted by atomic mass is 19.3. The van der Waals surface area contributed by atoms with Crippen LogP contribution in [0.5, 0.6) is 0 Å². The molecule has 9 heteroatoms. The molecule has 3 rings (SSSR count). The number of anilines is 1. The van der Waals surface area contributed by atoms with Crippen LogP contribution in [0.3, 0.4) is 0 Å². The maximum absolute atomic E-state index is 13.6. The number of aromatic nitrogens is 4. The van der Waals surface area contributed by atoms with Gasteiger partial charge in [-0.25, -0.2) is 4.98 Å². The summed E-state index contributed by atoms with van der Waals surface area (Å²) in [6.45, 7) is 0.661. The number of rotatable bonds is 7. The molecule has 0 aliphatic rings. The molecule has 0 fully saturated rings. The molecule has 2 N–H and O–H groups in total. The lowest BCUT2D eigenvalue weighted by Gasteiger charge is -2.14. The second-order valence-corrected chi connectivity index (χ2v) is 6.81. The number of nitrogens with zero attached hydrogens (tertiary/aromatic N) is 4. The zero-order chi connectivity index (χ0) is 21.0. The van der Waals surface area contributed by atoms with Gasteiger partial charge >= 0.3 is 5.92 Å². The summed E-state index contributed by atoms with van der Waals surface area (Å²) >= 11 is 0. The van der Waals surface area contributed by atoms with Gasteiger partial charge in [0, 0.05) is 19.2 Å². The van der Waals surface area contributed by atoms with E-state index in [1.54, 1.807) is 12.4 Å². The molecule has 0 unspecified atom stereocenters. The van der Waals surface area contributed by atoms with Crippen molar-refractivity contribution < 1.29 is 18.7 Å². The average molecular weight is 401 g/mol. The Morgan fingerprint density at radius 2 is 2.03 bits per heavy atom. The lowest BCUT2D eigenvalue weighted by atomic mass is 9.97. The van der Waals surface area contributed by atoms with E-state index >= 15 is 0 Å². The Bertz CT molecular complexity index is 1010. The van der Waals surface area contributed by atoms with Crippen LogP contribution >= 0.6 is 0 Å². The van der Waals surface area contributed by atoms with Crippen molar-refractivity contribution in [3.05, 3.63) is 71.6 Å². The van der Waals surface area contributed by atoms with Gasteiger partial charge < -0.3 is 15.0 Å². The van der Waals surface area contributed by atoms with Gasteiger partial charge in [0.2, 0.25) is 0 Å². The number of carbonyl (C=O) groups is 1. The maximum atomic E-state index is 13.6. The van der Waals surface area contributed by atoms with Gasteiger partial charge in [-0.05, 0) is 35.7 Å². The first-order valence-electron chi connectivity index (χ1n) is 9.00. The maximum Gasteiger partial charge on any atom is 0.312 e. The van der Waals surface area contributed by atoms with Crippen LogP contribution in [-0.2, 0) is 19.4 Å². The van der Waals surface area contributed by atoms with E-state index < -0.39 is 24.1 Å². The molecule has 29 heavy (non-hydrogen) atoms. The molecular formula is C20H21F2N5O2. The highest BCUT2D eigenvalue weighted by molar-refractivity contribution is 6.02. The predicted molar refractivity (Wildman–Crippen MR) is 103 cm³/mol. The van der Waals surface area contributed by atoms with Crippen molar-refractivity contribution in [2.24, 2.45) is 7.05 Å². The van der Waals surface area contributed by atoms with E-state index in [0.29, 0.717) is 12.1 Å². The molecular weight excluding hydrogens is 380 g/mol. The predicted octanol–water partition coefficient (Wildman–Crippen LogP) is 2.89. The molecule has 1 aromatic carbocycles. The summed E-state index contributed by atoms with van der Waals surface area (Å²) in [7, 11) is 1.88. The Labute approximate surface area is 166 Å². The molecule has 0 saturated carbocycles. The van der Waals surface area contributed by atoms with Crippen molar-refractivity contribution in [1.29, 1.82) is 0 Å². The molecule has 0 aliphatic carbocycles. The molecule has 7 nitrogen and oxygen atoms in total. The first-order valence-corrected chi connectivity index (χ1v) is 9.00. The van der Waals surface area contributed by atoms with E-state index in [2.05, 4.69) is 20.5 Å². The third-order valence-electron chi connectivity index (χ3n) is 4.56. The molecule has 2 aromatic heterocycles. The van der Waals surface area contributed by atoms with Crippen LogP contribution in [0.1, 0.15) is 40.4 Å². The van der Waals surface area contributed by atoms with Gasteiger partial charge in [-0.15, -0.1) is 10.2 Å². The van der Waals surface area contributed by atoms with E-state index in [0.717, 1.165) is 17.5 Å². The van der Waals surface area contributed by atoms with Gasteiger partial charge in [0.25, 0.3) is 5.91 Å². The molecule has 1 amide bonds. The smallest absolute Gasteiger partial charge is 0.312 e. The molecule has 2 heterocycles. The number of hydrogen-bond donors (Lipinski definition) is 2. The van der Waals surface area contributed by atoms with Gasteiger partial charge in [-0.3, -0.25) is 4.79 Å². The van der Waals surface area contributed by atoms with Gasteiger partial charge in [0.15, 0.2) is 0 Å². The summed E-state index contributed by atoms with van der Waals surface area (Å²) in [6.07, 6.45) is 2.31. The highest BCUT2D eigenvalue weighted by Gasteiger charge is 2.32. The fourth-order valence-electron chi connectivity index (χ4n) is 2.85. The number of pyridine rings is 1. The summed E-state index contributed by atoms with van der Waals surface area (Å²) in [6, 6.07) is 11.0. The quantitative estimate of drug-likeness (QED) is 0.635. The van der Waals surface area contributed by atoms with Crippen molar-refractivity contribution in [1.82, 2.24) is 19.7 Å². The van der Waals surface area contributed by atoms with Crippen molar-refractivity contribution in [3.63, 3.8) is 0 Å². The van der Waals surface area contributed by atoms with E-state index in [9.17, 15) is 13.6 Å². The van der Waals surface area contributed by atoms with Crippen molar-refractivity contribution >= 4 is 11.6 Å². The summed E-state index contributed by atoms with van der Waals surface area (Å²) in [4.78, 5) is 16.1. The molecule has 3 aromatic rings. The molecule has 0 spiro atoms. The number of aliphatic hydroxyl groups is 1. The molecule has 0 radical (unpaired) electrons. The zero-order valence-electron chi connectivity index (χ0n) is 16.0. The molecule has 0 aliphatic heterocycles. The van der Waals surface area contributed by atoms with Gasteiger partial charge in [-0.2, -0.15) is 8.78 Å². The first kappa shape index (κ1) is 20.5. The Hall–Kier alpha value is -3.20. The molecule has 1 atom stereocenters. The Morgan fingerprint density at radius 3 is 2.72 bits per heavy atom. The third-order valence-corrected chi connectivity index (χ3v) is 4.56. The van der Waals surface area contributed by atoms with Crippen LogP contribution in [0.2, 0.25) is 0 Å². The highest BCUT2D eigenvalue weighted by Crippen LogP contribution is 2.26. The normalized spacial score (nSPS) is 12.6. The SMILES string of the molecule is C[C@H](Cc1nncn1C)c1cccc(NC(=O)c2cccc(C(F)(F)CO)n2)c1. The fraction of sp³-hybridized carbons (Fsp3) is 0.300. The van der Waals surface area contributed by atoms with E-state index in [1.165, 1.54) is 12.1 Å². The van der Waals surface area contributed by atoms with Crippen molar-refractivity contribution in [3.8, 4) is 0 Å². The van der Waals surface area contributed by atoms with Crippen LogP contribution < -0.4 is 5.32 Å². The third kappa shape index (κ3) is 4.80. The largest absolute Gasteiger partial charge is 0.390 e. The number of nitrogens with one attached hydrogen (secondary N) is 1. The number of halogens is 2. The summed E-state index contributed by atoms with van der Waals surface area (Å²) < 4.78 is 29.1. The van der Waals surface area contributed by atoms with Crippen molar-refractivity contribution in [2.75, 3.05) is 11.9 Å². The van der Waals surface area contributed by atoms with Crippen LogP contribution in [0.4, 0.5) is 14.5 Å². The topological polar surface area (TPSA) is 92.9 Å². The number of aryl methyl sites for hydroxylation is 1. The summed E-state index contributed by atoms with van der Waals surface area (Å²) in [5.74, 6) is -3.15. The number of benzene rings is 1. The van der Waals surface area contributed by atoms with Crippen molar-refractivity contribution in [2.45, 2.75) is 25.2 Å². The molecule has 0 saturated heterocycles. The van der Waals surface area contributed by atoms with Crippen LogP contribution in [0, 0.1) is 0 Å². The minimum atomic E-state index is -3.51. The monoisotopic (exact) mass is 401 g/mol. The molecule has 0 bridgehead atoms. The summed E-state index contributed by atoms with van der Waals surface area (Å²) in [5.41, 5.74) is 0.699. The number of hydrogen-bond acceptors (Lipinski definition) is 5. The summed E-state index contributed by atoms with van der Waals surface area (Å²) in [5, 5.41) is 19.4. The number of amides is 1. The van der Waals surface area contributed by atoms with Gasteiger partial charge in [0.1, 0.15) is 30.1 Å². The minimum absolute atomic E-state index is 0.124. The lowest BCUT2D eigenvalue weighted by molar-refractivity contribution is -0.0592. The minimum Gasteiger partial charge on any atom is -0.390 e. The second-order valence-electron chi connectivity index (χ2n) is 6.81. The van der Waals surface area contributed by atoms with Crippen LogP contribution in [0.15, 0.2) is 48.8 Å². The van der Waals surface area contributed by atoms with Crippen LogP contribution in [0.25, 0.3) is 0 Å². The van der Waals surface area contributed by atoms with Crippen LogP contribution in [-0.4, -0.2) is 37.4 Å². The Balaban J connectivity index is 1.74. The van der Waals surface area contributed by atoms with E-state index in [-0.39, 0.29) is 11.6 Å². The van der Waals surface area contributed by atoms with E-state index in [4.69, 9.17) is 5.11 Å². The Morgan fingerprint density at radius 1 is 1.28 bits per heavy atom. The first-order chi connectivity index (χ1) is 13.8.